The lowest BCUT2D eigenvalue weighted by molar-refractivity contribution is -0.00798. The maximum absolute atomic E-state index is 10.4. The Labute approximate surface area is 122 Å². The fourth-order valence-electron chi connectivity index (χ4n) is 2.97. The summed E-state index contributed by atoms with van der Waals surface area (Å²) in [6.07, 6.45) is 3.50. The lowest BCUT2D eigenvalue weighted by Crippen LogP contribution is -2.35. The average Bonchev–Trinajstić information content (AvgIpc) is 2.39. The lowest BCUT2D eigenvalue weighted by atomic mass is 10.0. The van der Waals surface area contributed by atoms with Crippen LogP contribution in [0.5, 0.6) is 0 Å². The van der Waals surface area contributed by atoms with Crippen molar-refractivity contribution in [3.8, 4) is 0 Å². The minimum Gasteiger partial charge on any atom is -0.387 e. The minimum absolute atomic E-state index is 0.333. The molecule has 3 nitrogen and oxygen atoms in total. The highest BCUT2D eigenvalue weighted by atomic mass is 16.5. The van der Waals surface area contributed by atoms with E-state index in [0.29, 0.717) is 12.6 Å². The zero-order valence-electron chi connectivity index (χ0n) is 12.9. The van der Waals surface area contributed by atoms with Gasteiger partial charge in [-0.25, -0.2) is 0 Å². The van der Waals surface area contributed by atoms with Gasteiger partial charge in [-0.1, -0.05) is 23.8 Å². The van der Waals surface area contributed by atoms with E-state index < -0.39 is 6.10 Å². The number of aliphatic hydroxyl groups is 1. The molecule has 0 radical (unpaired) electrons. The van der Waals surface area contributed by atoms with E-state index in [1.807, 2.05) is 6.07 Å². The van der Waals surface area contributed by atoms with Crippen molar-refractivity contribution in [2.24, 2.45) is 0 Å². The van der Waals surface area contributed by atoms with Gasteiger partial charge in [0.25, 0.3) is 0 Å². The highest BCUT2D eigenvalue weighted by molar-refractivity contribution is 5.32. The van der Waals surface area contributed by atoms with Crippen LogP contribution in [0.15, 0.2) is 18.2 Å². The molecular formula is C17H27NO2. The third-order valence-electron chi connectivity index (χ3n) is 4.06. The molecule has 112 valence electrons. The van der Waals surface area contributed by atoms with Crippen LogP contribution in [0, 0.1) is 13.8 Å². The summed E-state index contributed by atoms with van der Waals surface area (Å²) >= 11 is 0. The van der Waals surface area contributed by atoms with Crippen LogP contribution in [0.1, 0.15) is 42.1 Å². The molecule has 0 bridgehead atoms. The Morgan fingerprint density at radius 3 is 2.80 bits per heavy atom. The van der Waals surface area contributed by atoms with Crippen LogP contribution in [-0.4, -0.2) is 42.9 Å². The Kier molecular flexibility index (Phi) is 5.58. The average molecular weight is 277 g/mol. The van der Waals surface area contributed by atoms with Gasteiger partial charge in [-0.05, 0) is 51.3 Å². The molecule has 20 heavy (non-hydrogen) atoms. The van der Waals surface area contributed by atoms with Gasteiger partial charge in [0.15, 0.2) is 0 Å². The van der Waals surface area contributed by atoms with Crippen molar-refractivity contribution >= 4 is 0 Å². The van der Waals surface area contributed by atoms with Gasteiger partial charge in [-0.3, -0.25) is 0 Å². The summed E-state index contributed by atoms with van der Waals surface area (Å²) < 4.78 is 5.75. The summed E-state index contributed by atoms with van der Waals surface area (Å²) in [7, 11) is 2.06. The first-order valence-electron chi connectivity index (χ1n) is 7.61. The number of hydrogen-bond donors (Lipinski definition) is 1. The molecule has 0 aliphatic carbocycles. The molecule has 1 fully saturated rings. The Morgan fingerprint density at radius 2 is 2.15 bits per heavy atom. The molecule has 2 atom stereocenters. The summed E-state index contributed by atoms with van der Waals surface area (Å²) in [4.78, 5) is 2.18. The van der Waals surface area contributed by atoms with E-state index in [9.17, 15) is 5.11 Å². The van der Waals surface area contributed by atoms with Crippen molar-refractivity contribution in [2.75, 3.05) is 26.7 Å². The number of likely N-dealkylation sites (N-methyl/N-ethyl adjacent to an activating group) is 1. The summed E-state index contributed by atoms with van der Waals surface area (Å²) in [6.45, 7) is 6.59. The molecule has 1 aliphatic rings. The largest absolute Gasteiger partial charge is 0.387 e. The highest BCUT2D eigenvalue weighted by Gasteiger charge is 2.18. The van der Waals surface area contributed by atoms with Crippen LogP contribution in [0.3, 0.4) is 0 Å². The standard InChI is InChI=1S/C17H27NO2/c1-13-7-8-16(14(2)10-13)17(19)12-18(3)11-15-6-4-5-9-20-15/h7-8,10,15,17,19H,4-6,9,11-12H2,1-3H3. The van der Waals surface area contributed by atoms with Crippen LogP contribution in [0.2, 0.25) is 0 Å². The number of ether oxygens (including phenoxy) is 1. The van der Waals surface area contributed by atoms with E-state index in [-0.39, 0.29) is 0 Å². The highest BCUT2D eigenvalue weighted by Crippen LogP contribution is 2.20. The van der Waals surface area contributed by atoms with Gasteiger partial charge in [-0.2, -0.15) is 0 Å². The molecule has 3 heteroatoms. The molecule has 0 saturated carbocycles. The second-order valence-corrected chi connectivity index (χ2v) is 6.09. The Morgan fingerprint density at radius 1 is 1.35 bits per heavy atom. The van der Waals surface area contributed by atoms with Gasteiger partial charge in [0, 0.05) is 19.7 Å². The van der Waals surface area contributed by atoms with E-state index >= 15 is 0 Å². The van der Waals surface area contributed by atoms with Gasteiger partial charge in [0.1, 0.15) is 0 Å². The number of hydrogen-bond acceptors (Lipinski definition) is 3. The molecule has 1 heterocycles. The summed E-state index contributed by atoms with van der Waals surface area (Å²) in [5, 5.41) is 10.4. The zero-order valence-corrected chi connectivity index (χ0v) is 12.9. The van der Waals surface area contributed by atoms with Crippen molar-refractivity contribution in [3.63, 3.8) is 0 Å². The second kappa shape index (κ2) is 7.21. The first kappa shape index (κ1) is 15.5. The quantitative estimate of drug-likeness (QED) is 0.898. The smallest absolute Gasteiger partial charge is 0.0919 e. The molecule has 1 aliphatic heterocycles. The fourth-order valence-corrected chi connectivity index (χ4v) is 2.97. The molecule has 2 rings (SSSR count). The van der Waals surface area contributed by atoms with E-state index in [1.165, 1.54) is 24.0 Å². The van der Waals surface area contributed by atoms with Crippen LogP contribution in [0.4, 0.5) is 0 Å². The SMILES string of the molecule is Cc1ccc(C(O)CN(C)CC2CCCCO2)c(C)c1. The molecular weight excluding hydrogens is 250 g/mol. The van der Waals surface area contributed by atoms with Gasteiger partial charge in [0.2, 0.25) is 0 Å². The maximum Gasteiger partial charge on any atom is 0.0919 e. The van der Waals surface area contributed by atoms with Gasteiger partial charge in [0.05, 0.1) is 12.2 Å². The molecule has 1 aromatic rings. The first-order chi connectivity index (χ1) is 9.56. The van der Waals surface area contributed by atoms with Gasteiger partial charge in [-0.15, -0.1) is 0 Å². The van der Waals surface area contributed by atoms with Crippen molar-refractivity contribution in [1.29, 1.82) is 0 Å². The van der Waals surface area contributed by atoms with E-state index in [4.69, 9.17) is 4.74 Å². The van der Waals surface area contributed by atoms with E-state index in [2.05, 4.69) is 37.9 Å². The van der Waals surface area contributed by atoms with E-state index in [0.717, 1.165) is 25.1 Å². The molecule has 1 N–H and O–H groups in total. The number of rotatable bonds is 5. The molecule has 0 amide bonds. The van der Waals surface area contributed by atoms with Crippen LogP contribution >= 0.6 is 0 Å². The number of aliphatic hydroxyl groups excluding tert-OH is 1. The Balaban J connectivity index is 1.87. The summed E-state index contributed by atoms with van der Waals surface area (Å²) in [5.41, 5.74) is 3.44. The molecule has 0 spiro atoms. The number of nitrogens with zero attached hydrogens (tertiary/aromatic N) is 1. The second-order valence-electron chi connectivity index (χ2n) is 6.09. The van der Waals surface area contributed by atoms with Gasteiger partial charge >= 0.3 is 0 Å². The van der Waals surface area contributed by atoms with Crippen LogP contribution in [0.25, 0.3) is 0 Å². The van der Waals surface area contributed by atoms with Gasteiger partial charge < -0.3 is 14.7 Å². The Bertz CT molecular complexity index is 427. The fraction of sp³-hybridized carbons (Fsp3) is 0.647. The number of benzene rings is 1. The third-order valence-corrected chi connectivity index (χ3v) is 4.06. The summed E-state index contributed by atoms with van der Waals surface area (Å²) in [6, 6.07) is 6.24. The Hall–Kier alpha value is -0.900. The van der Waals surface area contributed by atoms with E-state index in [1.54, 1.807) is 0 Å². The maximum atomic E-state index is 10.4. The first-order valence-corrected chi connectivity index (χ1v) is 7.61. The lowest BCUT2D eigenvalue weighted by Gasteiger charge is -2.29. The monoisotopic (exact) mass is 277 g/mol. The summed E-state index contributed by atoms with van der Waals surface area (Å²) in [5.74, 6) is 0. The zero-order chi connectivity index (χ0) is 14.5. The topological polar surface area (TPSA) is 32.7 Å². The molecule has 1 saturated heterocycles. The van der Waals surface area contributed by atoms with Crippen LogP contribution < -0.4 is 0 Å². The van der Waals surface area contributed by atoms with Crippen molar-refractivity contribution in [1.82, 2.24) is 4.90 Å². The van der Waals surface area contributed by atoms with Crippen molar-refractivity contribution in [3.05, 3.63) is 34.9 Å². The predicted molar refractivity (Wildman–Crippen MR) is 82.0 cm³/mol. The normalized spacial score (nSPS) is 21.1. The molecule has 2 unspecified atom stereocenters. The predicted octanol–water partition coefficient (Wildman–Crippen LogP) is 2.84. The van der Waals surface area contributed by atoms with Crippen molar-refractivity contribution < 1.29 is 9.84 Å². The molecule has 1 aromatic carbocycles. The third kappa shape index (κ3) is 4.30. The number of aryl methyl sites for hydroxylation is 2. The minimum atomic E-state index is -0.427. The molecule has 0 aromatic heterocycles. The van der Waals surface area contributed by atoms with Crippen molar-refractivity contribution in [2.45, 2.75) is 45.3 Å². The van der Waals surface area contributed by atoms with Crippen LogP contribution in [-0.2, 0) is 4.74 Å².